The standard InChI is InChI=1S/C13H19N3O/c1-9-12-8-15(10(2)17)6-5-13(12)16(14-9)7-11-3-4-11/h11H,3-8H2,1-2H3. The van der Waals surface area contributed by atoms with Crippen LogP contribution in [0.2, 0.25) is 0 Å². The molecule has 0 bridgehead atoms. The van der Waals surface area contributed by atoms with Gasteiger partial charge in [0.05, 0.1) is 5.69 Å². The summed E-state index contributed by atoms with van der Waals surface area (Å²) in [6, 6.07) is 0. The molecule has 1 saturated carbocycles. The fourth-order valence-corrected chi connectivity index (χ4v) is 2.63. The van der Waals surface area contributed by atoms with E-state index in [0.29, 0.717) is 0 Å². The van der Waals surface area contributed by atoms with Gasteiger partial charge in [0.25, 0.3) is 0 Å². The number of fused-ring (bicyclic) bond motifs is 1. The van der Waals surface area contributed by atoms with Crippen molar-refractivity contribution in [2.45, 2.75) is 46.2 Å². The normalized spacial score (nSPS) is 19.3. The van der Waals surface area contributed by atoms with Gasteiger partial charge in [-0.1, -0.05) is 0 Å². The van der Waals surface area contributed by atoms with Crippen LogP contribution in [-0.2, 0) is 24.3 Å². The third-order valence-corrected chi connectivity index (χ3v) is 3.91. The van der Waals surface area contributed by atoms with E-state index in [-0.39, 0.29) is 5.91 Å². The Bertz CT molecular complexity index is 459. The Labute approximate surface area is 102 Å². The molecule has 1 amide bonds. The molecular weight excluding hydrogens is 214 g/mol. The Morgan fingerprint density at radius 3 is 2.88 bits per heavy atom. The monoisotopic (exact) mass is 233 g/mol. The molecule has 0 spiro atoms. The highest BCUT2D eigenvalue weighted by molar-refractivity contribution is 5.73. The predicted molar refractivity (Wildman–Crippen MR) is 64.5 cm³/mol. The van der Waals surface area contributed by atoms with Crippen LogP contribution in [0.3, 0.4) is 0 Å². The van der Waals surface area contributed by atoms with E-state index in [9.17, 15) is 4.79 Å². The summed E-state index contributed by atoms with van der Waals surface area (Å²) in [5.74, 6) is 1.02. The number of hydrogen-bond donors (Lipinski definition) is 0. The minimum atomic E-state index is 0.171. The minimum absolute atomic E-state index is 0.171. The Balaban J connectivity index is 1.86. The zero-order chi connectivity index (χ0) is 12.0. The molecule has 0 unspecified atom stereocenters. The number of amides is 1. The van der Waals surface area contributed by atoms with Crippen molar-refractivity contribution in [1.82, 2.24) is 14.7 Å². The molecule has 17 heavy (non-hydrogen) atoms. The molecule has 0 saturated heterocycles. The van der Waals surface area contributed by atoms with Gasteiger partial charge in [-0.15, -0.1) is 0 Å². The van der Waals surface area contributed by atoms with Crippen LogP contribution in [0.15, 0.2) is 0 Å². The molecule has 4 nitrogen and oxygen atoms in total. The van der Waals surface area contributed by atoms with Gasteiger partial charge in [-0.05, 0) is 25.7 Å². The van der Waals surface area contributed by atoms with Crippen molar-refractivity contribution in [3.8, 4) is 0 Å². The first-order valence-electron chi connectivity index (χ1n) is 6.46. The zero-order valence-corrected chi connectivity index (χ0v) is 10.6. The summed E-state index contributed by atoms with van der Waals surface area (Å²) in [5, 5.41) is 4.64. The molecule has 1 fully saturated rings. The van der Waals surface area contributed by atoms with E-state index in [0.717, 1.165) is 37.7 Å². The van der Waals surface area contributed by atoms with Gasteiger partial charge < -0.3 is 4.90 Å². The number of nitrogens with zero attached hydrogens (tertiary/aromatic N) is 3. The fourth-order valence-electron chi connectivity index (χ4n) is 2.63. The van der Waals surface area contributed by atoms with Gasteiger partial charge in [-0.25, -0.2) is 0 Å². The quantitative estimate of drug-likeness (QED) is 0.776. The molecule has 92 valence electrons. The topological polar surface area (TPSA) is 38.1 Å². The Kier molecular flexibility index (Phi) is 2.45. The molecule has 1 aromatic heterocycles. The summed E-state index contributed by atoms with van der Waals surface area (Å²) >= 11 is 0. The first-order valence-corrected chi connectivity index (χ1v) is 6.46. The average molecular weight is 233 g/mol. The van der Waals surface area contributed by atoms with Gasteiger partial charge in [0.2, 0.25) is 5.91 Å². The third-order valence-electron chi connectivity index (χ3n) is 3.91. The van der Waals surface area contributed by atoms with Crippen LogP contribution < -0.4 is 0 Å². The lowest BCUT2D eigenvalue weighted by Gasteiger charge is -2.26. The third kappa shape index (κ3) is 1.96. The summed E-state index contributed by atoms with van der Waals surface area (Å²) in [6.45, 7) is 6.39. The van der Waals surface area contributed by atoms with E-state index in [1.165, 1.54) is 24.1 Å². The molecule has 0 N–H and O–H groups in total. The first-order chi connectivity index (χ1) is 8.15. The summed E-state index contributed by atoms with van der Waals surface area (Å²) in [6.07, 6.45) is 3.67. The molecule has 1 aromatic rings. The van der Waals surface area contributed by atoms with Gasteiger partial charge in [-0.2, -0.15) is 5.10 Å². The number of carbonyl (C=O) groups is 1. The average Bonchev–Trinajstić information content (AvgIpc) is 3.05. The number of aryl methyl sites for hydroxylation is 1. The molecular formula is C13H19N3O. The van der Waals surface area contributed by atoms with Crippen LogP contribution in [0.25, 0.3) is 0 Å². The fraction of sp³-hybridized carbons (Fsp3) is 0.692. The first kappa shape index (κ1) is 10.8. The molecule has 1 aliphatic carbocycles. The lowest BCUT2D eigenvalue weighted by atomic mass is 10.1. The van der Waals surface area contributed by atoms with E-state index >= 15 is 0 Å². The van der Waals surface area contributed by atoms with Crippen molar-refractivity contribution in [3.05, 3.63) is 17.0 Å². The van der Waals surface area contributed by atoms with Gasteiger partial charge in [0.1, 0.15) is 0 Å². The van der Waals surface area contributed by atoms with Gasteiger partial charge in [-0.3, -0.25) is 9.48 Å². The number of hydrogen-bond acceptors (Lipinski definition) is 2. The maximum atomic E-state index is 11.4. The second kappa shape index (κ2) is 3.86. The molecule has 4 heteroatoms. The van der Waals surface area contributed by atoms with Crippen molar-refractivity contribution < 1.29 is 4.79 Å². The molecule has 3 rings (SSSR count). The second-order valence-electron chi connectivity index (χ2n) is 5.33. The smallest absolute Gasteiger partial charge is 0.219 e. The van der Waals surface area contributed by atoms with Crippen molar-refractivity contribution in [2.75, 3.05) is 6.54 Å². The zero-order valence-electron chi connectivity index (χ0n) is 10.6. The van der Waals surface area contributed by atoms with Crippen LogP contribution in [0.1, 0.15) is 36.7 Å². The Morgan fingerprint density at radius 2 is 2.24 bits per heavy atom. The number of carbonyl (C=O) groups excluding carboxylic acids is 1. The maximum Gasteiger partial charge on any atom is 0.219 e. The van der Waals surface area contributed by atoms with Gasteiger partial charge in [0.15, 0.2) is 0 Å². The lowest BCUT2D eigenvalue weighted by Crippen LogP contribution is -2.34. The van der Waals surface area contributed by atoms with E-state index in [1.54, 1.807) is 6.92 Å². The molecule has 0 aromatic carbocycles. The highest BCUT2D eigenvalue weighted by Gasteiger charge is 2.28. The molecule has 2 heterocycles. The molecule has 0 radical (unpaired) electrons. The highest BCUT2D eigenvalue weighted by Crippen LogP contribution is 2.32. The van der Waals surface area contributed by atoms with Crippen molar-refractivity contribution in [2.24, 2.45) is 5.92 Å². The van der Waals surface area contributed by atoms with Crippen LogP contribution in [-0.4, -0.2) is 27.1 Å². The Hall–Kier alpha value is -1.32. The van der Waals surface area contributed by atoms with Crippen LogP contribution in [0.4, 0.5) is 0 Å². The van der Waals surface area contributed by atoms with Crippen molar-refractivity contribution >= 4 is 5.91 Å². The second-order valence-corrected chi connectivity index (χ2v) is 5.33. The van der Waals surface area contributed by atoms with Crippen molar-refractivity contribution in [1.29, 1.82) is 0 Å². The van der Waals surface area contributed by atoms with Crippen LogP contribution >= 0.6 is 0 Å². The number of rotatable bonds is 2. The van der Waals surface area contributed by atoms with Crippen LogP contribution in [0, 0.1) is 12.8 Å². The van der Waals surface area contributed by atoms with E-state index in [4.69, 9.17) is 0 Å². The van der Waals surface area contributed by atoms with Gasteiger partial charge >= 0.3 is 0 Å². The summed E-state index contributed by atoms with van der Waals surface area (Å²) in [4.78, 5) is 13.3. The highest BCUT2D eigenvalue weighted by atomic mass is 16.2. The summed E-state index contributed by atoms with van der Waals surface area (Å²) < 4.78 is 2.19. The van der Waals surface area contributed by atoms with E-state index in [1.807, 2.05) is 4.90 Å². The molecule has 1 aliphatic heterocycles. The largest absolute Gasteiger partial charge is 0.338 e. The molecule has 2 aliphatic rings. The van der Waals surface area contributed by atoms with Crippen molar-refractivity contribution in [3.63, 3.8) is 0 Å². The Morgan fingerprint density at radius 1 is 1.47 bits per heavy atom. The summed E-state index contributed by atoms with van der Waals surface area (Å²) in [5.41, 5.74) is 3.76. The minimum Gasteiger partial charge on any atom is -0.338 e. The lowest BCUT2D eigenvalue weighted by molar-refractivity contribution is -0.129. The predicted octanol–water partition coefficient (Wildman–Crippen LogP) is 1.51. The maximum absolute atomic E-state index is 11.4. The summed E-state index contributed by atoms with van der Waals surface area (Å²) in [7, 11) is 0. The SMILES string of the molecule is CC(=O)N1CCc2c(c(C)nn2CC2CC2)C1. The number of aromatic nitrogens is 2. The van der Waals surface area contributed by atoms with Gasteiger partial charge in [0, 0.05) is 44.2 Å². The van der Waals surface area contributed by atoms with E-state index in [2.05, 4.69) is 16.7 Å². The van der Waals surface area contributed by atoms with E-state index < -0.39 is 0 Å². The van der Waals surface area contributed by atoms with Crippen LogP contribution in [0.5, 0.6) is 0 Å². The molecule has 0 atom stereocenters.